The average Bonchev–Trinajstić information content (AvgIpc) is 2.52. The molecule has 1 aromatic heterocycles. The van der Waals surface area contributed by atoms with Gasteiger partial charge in [0.15, 0.2) is 0 Å². The second-order valence-corrected chi connectivity index (χ2v) is 3.99. The molecule has 0 aliphatic rings. The molecule has 0 unspecified atom stereocenters. The molecule has 0 aliphatic heterocycles. The summed E-state index contributed by atoms with van der Waals surface area (Å²) in [5.74, 6) is 0. The Morgan fingerprint density at radius 3 is 2.93 bits per heavy atom. The summed E-state index contributed by atoms with van der Waals surface area (Å²) >= 11 is 1.58. The Morgan fingerprint density at radius 1 is 1.71 bits per heavy atom. The summed E-state index contributed by atoms with van der Waals surface area (Å²) in [6, 6.07) is -0.0414. The maximum absolute atomic E-state index is 11.4. The fourth-order valence-electron chi connectivity index (χ4n) is 1.05. The Kier molecular flexibility index (Phi) is 3.88. The largest absolute Gasteiger partial charge is 0.338 e. The first-order chi connectivity index (χ1) is 6.65. The minimum absolute atomic E-state index is 0.0414. The Hall–Kier alpha value is -1.10. The van der Waals surface area contributed by atoms with E-state index in [1.54, 1.807) is 28.8 Å². The first kappa shape index (κ1) is 11.0. The van der Waals surface area contributed by atoms with Crippen LogP contribution in [0.5, 0.6) is 0 Å². The highest BCUT2D eigenvalue weighted by Gasteiger charge is 2.10. The fraction of sp³-hybridized carbons (Fsp3) is 0.556. The van der Waals surface area contributed by atoms with E-state index in [0.717, 1.165) is 10.6 Å². The molecule has 1 rings (SSSR count). The van der Waals surface area contributed by atoms with Crippen molar-refractivity contribution in [1.82, 2.24) is 15.2 Å². The molecule has 1 aromatic rings. The van der Waals surface area contributed by atoms with Crippen LogP contribution in [0.25, 0.3) is 0 Å². The second kappa shape index (κ2) is 4.95. The highest BCUT2D eigenvalue weighted by atomic mass is 32.1. The van der Waals surface area contributed by atoms with Crippen LogP contribution < -0.4 is 5.32 Å². The third-order valence-corrected chi connectivity index (χ3v) is 2.82. The standard InChI is InChI=1S/C9H15N3OS/c1-4-10-9(13)12(3)5-8-7(2)11-6-14-8/h6H,4-5H2,1-3H3,(H,10,13). The number of carbonyl (C=O) groups is 1. The van der Waals surface area contributed by atoms with E-state index in [1.807, 2.05) is 13.8 Å². The third kappa shape index (κ3) is 2.70. The van der Waals surface area contributed by atoms with Crippen LogP contribution >= 0.6 is 11.3 Å². The van der Waals surface area contributed by atoms with Crippen LogP contribution in [0.4, 0.5) is 4.79 Å². The molecule has 0 aliphatic carbocycles. The van der Waals surface area contributed by atoms with Crippen molar-refractivity contribution < 1.29 is 4.79 Å². The van der Waals surface area contributed by atoms with Crippen LogP contribution in [-0.2, 0) is 6.54 Å². The number of hydrogen-bond acceptors (Lipinski definition) is 3. The Bertz CT molecular complexity index is 311. The molecule has 0 bridgehead atoms. The van der Waals surface area contributed by atoms with Crippen LogP contribution in [0, 0.1) is 6.92 Å². The molecule has 0 fully saturated rings. The zero-order chi connectivity index (χ0) is 10.6. The average molecular weight is 213 g/mol. The summed E-state index contributed by atoms with van der Waals surface area (Å²) < 4.78 is 0. The van der Waals surface area contributed by atoms with Crippen molar-refractivity contribution in [2.75, 3.05) is 13.6 Å². The molecule has 1 N–H and O–H groups in total. The van der Waals surface area contributed by atoms with E-state index in [1.165, 1.54) is 0 Å². The number of urea groups is 1. The number of hydrogen-bond donors (Lipinski definition) is 1. The van der Waals surface area contributed by atoms with Crippen LogP contribution in [-0.4, -0.2) is 29.5 Å². The second-order valence-electron chi connectivity index (χ2n) is 3.05. The molecule has 4 nitrogen and oxygen atoms in total. The lowest BCUT2D eigenvalue weighted by molar-refractivity contribution is 0.208. The molecule has 5 heteroatoms. The molecule has 2 amide bonds. The summed E-state index contributed by atoms with van der Waals surface area (Å²) in [6.45, 7) is 5.15. The topological polar surface area (TPSA) is 45.2 Å². The minimum atomic E-state index is -0.0414. The lowest BCUT2D eigenvalue weighted by atomic mass is 10.4. The maximum Gasteiger partial charge on any atom is 0.317 e. The van der Waals surface area contributed by atoms with Gasteiger partial charge in [0.25, 0.3) is 0 Å². The Morgan fingerprint density at radius 2 is 2.43 bits per heavy atom. The van der Waals surface area contributed by atoms with Gasteiger partial charge in [0, 0.05) is 18.5 Å². The highest BCUT2D eigenvalue weighted by molar-refractivity contribution is 7.09. The molecule has 14 heavy (non-hydrogen) atoms. The van der Waals surface area contributed by atoms with E-state index in [2.05, 4.69) is 10.3 Å². The molecule has 78 valence electrons. The van der Waals surface area contributed by atoms with E-state index in [9.17, 15) is 4.79 Å². The van der Waals surface area contributed by atoms with E-state index in [4.69, 9.17) is 0 Å². The van der Waals surface area contributed by atoms with Crippen molar-refractivity contribution >= 4 is 17.4 Å². The molecular formula is C9H15N3OS. The molecule has 0 saturated heterocycles. The first-order valence-corrected chi connectivity index (χ1v) is 5.41. The molecule has 0 aromatic carbocycles. The van der Waals surface area contributed by atoms with Gasteiger partial charge < -0.3 is 10.2 Å². The first-order valence-electron chi connectivity index (χ1n) is 4.53. The minimum Gasteiger partial charge on any atom is -0.338 e. The summed E-state index contributed by atoms with van der Waals surface area (Å²) in [4.78, 5) is 18.3. The summed E-state index contributed by atoms with van der Waals surface area (Å²) in [5.41, 5.74) is 2.81. The van der Waals surface area contributed by atoms with Gasteiger partial charge in [-0.3, -0.25) is 0 Å². The molecule has 1 heterocycles. The predicted octanol–water partition coefficient (Wildman–Crippen LogP) is 1.61. The van der Waals surface area contributed by atoms with Gasteiger partial charge in [-0.15, -0.1) is 11.3 Å². The van der Waals surface area contributed by atoms with Crippen molar-refractivity contribution in [3.63, 3.8) is 0 Å². The molecule has 0 atom stereocenters. The van der Waals surface area contributed by atoms with Gasteiger partial charge in [-0.05, 0) is 13.8 Å². The summed E-state index contributed by atoms with van der Waals surface area (Å²) in [6.07, 6.45) is 0. The van der Waals surface area contributed by atoms with Gasteiger partial charge >= 0.3 is 6.03 Å². The number of aromatic nitrogens is 1. The summed E-state index contributed by atoms with van der Waals surface area (Å²) in [7, 11) is 1.78. The Labute approximate surface area is 88.0 Å². The lowest BCUT2D eigenvalue weighted by Crippen LogP contribution is -2.36. The normalized spacial score (nSPS) is 9.93. The van der Waals surface area contributed by atoms with Crippen LogP contribution in [0.1, 0.15) is 17.5 Å². The highest BCUT2D eigenvalue weighted by Crippen LogP contribution is 2.13. The third-order valence-electron chi connectivity index (χ3n) is 1.90. The van der Waals surface area contributed by atoms with E-state index in [-0.39, 0.29) is 6.03 Å². The number of amides is 2. The lowest BCUT2D eigenvalue weighted by Gasteiger charge is -2.16. The Balaban J connectivity index is 2.52. The van der Waals surface area contributed by atoms with Crippen molar-refractivity contribution in [1.29, 1.82) is 0 Å². The number of aryl methyl sites for hydroxylation is 1. The SMILES string of the molecule is CCNC(=O)N(C)Cc1scnc1C. The number of nitrogens with one attached hydrogen (secondary N) is 1. The molecule has 0 radical (unpaired) electrons. The smallest absolute Gasteiger partial charge is 0.317 e. The molecule has 0 saturated carbocycles. The van der Waals surface area contributed by atoms with Crippen molar-refractivity contribution in [2.45, 2.75) is 20.4 Å². The maximum atomic E-state index is 11.4. The monoisotopic (exact) mass is 213 g/mol. The predicted molar refractivity (Wildman–Crippen MR) is 57.4 cm³/mol. The fourth-order valence-corrected chi connectivity index (χ4v) is 1.88. The van der Waals surface area contributed by atoms with Gasteiger partial charge in [0.1, 0.15) is 0 Å². The van der Waals surface area contributed by atoms with Crippen molar-refractivity contribution in [3.8, 4) is 0 Å². The summed E-state index contributed by atoms with van der Waals surface area (Å²) in [5, 5.41) is 2.75. The number of nitrogens with zero attached hydrogens (tertiary/aromatic N) is 2. The zero-order valence-corrected chi connectivity index (χ0v) is 9.52. The quantitative estimate of drug-likeness (QED) is 0.829. The van der Waals surface area contributed by atoms with Crippen molar-refractivity contribution in [2.24, 2.45) is 0 Å². The van der Waals surface area contributed by atoms with Crippen LogP contribution in [0.15, 0.2) is 5.51 Å². The van der Waals surface area contributed by atoms with Crippen LogP contribution in [0.3, 0.4) is 0 Å². The van der Waals surface area contributed by atoms with Crippen molar-refractivity contribution in [3.05, 3.63) is 16.1 Å². The van der Waals surface area contributed by atoms with E-state index < -0.39 is 0 Å². The van der Waals surface area contributed by atoms with Gasteiger partial charge in [-0.25, -0.2) is 9.78 Å². The molecule has 0 spiro atoms. The van der Waals surface area contributed by atoms with Gasteiger partial charge in [0.05, 0.1) is 17.7 Å². The van der Waals surface area contributed by atoms with E-state index >= 15 is 0 Å². The number of carbonyl (C=O) groups excluding carboxylic acids is 1. The van der Waals surface area contributed by atoms with Gasteiger partial charge in [-0.2, -0.15) is 0 Å². The van der Waals surface area contributed by atoms with Gasteiger partial charge in [-0.1, -0.05) is 0 Å². The zero-order valence-electron chi connectivity index (χ0n) is 8.70. The number of thiazole rings is 1. The van der Waals surface area contributed by atoms with Crippen LogP contribution in [0.2, 0.25) is 0 Å². The van der Waals surface area contributed by atoms with Gasteiger partial charge in [0.2, 0.25) is 0 Å². The molecular weight excluding hydrogens is 198 g/mol. The van der Waals surface area contributed by atoms with E-state index in [0.29, 0.717) is 13.1 Å². The number of rotatable bonds is 3.